The van der Waals surface area contributed by atoms with Gasteiger partial charge in [0.05, 0.1) is 12.8 Å². The standard InChI is InChI=1S/C15H16BrNO2/c1-11-3-8-15(14(9-16)17-11)19-10-12-4-6-13(18-2)7-5-12/h3-8H,9-10H2,1-2H3. The number of rotatable bonds is 5. The molecular weight excluding hydrogens is 306 g/mol. The molecule has 0 bridgehead atoms. The third kappa shape index (κ3) is 3.70. The van der Waals surface area contributed by atoms with Crippen molar-refractivity contribution in [3.05, 3.63) is 53.3 Å². The summed E-state index contributed by atoms with van der Waals surface area (Å²) in [6.45, 7) is 2.49. The van der Waals surface area contributed by atoms with Crippen molar-refractivity contribution in [2.75, 3.05) is 7.11 Å². The van der Waals surface area contributed by atoms with E-state index in [4.69, 9.17) is 9.47 Å². The molecule has 4 heteroatoms. The number of nitrogens with zero attached hydrogens (tertiary/aromatic N) is 1. The molecule has 0 amide bonds. The molecule has 0 saturated heterocycles. The van der Waals surface area contributed by atoms with Crippen LogP contribution in [-0.2, 0) is 11.9 Å². The molecule has 0 fully saturated rings. The molecule has 19 heavy (non-hydrogen) atoms. The predicted octanol–water partition coefficient (Wildman–Crippen LogP) is 3.87. The summed E-state index contributed by atoms with van der Waals surface area (Å²) in [4.78, 5) is 4.44. The maximum atomic E-state index is 5.81. The van der Waals surface area contributed by atoms with Crippen LogP contribution in [0.15, 0.2) is 36.4 Å². The lowest BCUT2D eigenvalue weighted by Crippen LogP contribution is -2.00. The first-order valence-corrected chi connectivity index (χ1v) is 7.13. The summed E-state index contributed by atoms with van der Waals surface area (Å²) in [6.07, 6.45) is 0. The minimum absolute atomic E-state index is 0.523. The molecule has 1 heterocycles. The van der Waals surface area contributed by atoms with Gasteiger partial charge in [-0.05, 0) is 36.8 Å². The van der Waals surface area contributed by atoms with E-state index in [0.717, 1.165) is 28.5 Å². The third-order valence-electron chi connectivity index (χ3n) is 2.75. The topological polar surface area (TPSA) is 31.4 Å². The van der Waals surface area contributed by atoms with Gasteiger partial charge in [-0.15, -0.1) is 0 Å². The van der Waals surface area contributed by atoms with Crippen LogP contribution < -0.4 is 9.47 Å². The van der Waals surface area contributed by atoms with E-state index in [2.05, 4.69) is 20.9 Å². The van der Waals surface area contributed by atoms with E-state index in [1.165, 1.54) is 0 Å². The van der Waals surface area contributed by atoms with Crippen molar-refractivity contribution in [3.63, 3.8) is 0 Å². The summed E-state index contributed by atoms with van der Waals surface area (Å²) in [5, 5.41) is 0.687. The first kappa shape index (κ1) is 13.9. The van der Waals surface area contributed by atoms with Crippen molar-refractivity contribution >= 4 is 15.9 Å². The summed E-state index contributed by atoms with van der Waals surface area (Å²) < 4.78 is 10.9. The van der Waals surface area contributed by atoms with Crippen molar-refractivity contribution in [1.82, 2.24) is 4.98 Å². The smallest absolute Gasteiger partial charge is 0.142 e. The zero-order chi connectivity index (χ0) is 13.7. The van der Waals surface area contributed by atoms with E-state index in [0.29, 0.717) is 11.9 Å². The molecular formula is C15H16BrNO2. The highest BCUT2D eigenvalue weighted by molar-refractivity contribution is 9.08. The van der Waals surface area contributed by atoms with Crippen LogP contribution >= 0.6 is 15.9 Å². The molecule has 0 aliphatic carbocycles. The van der Waals surface area contributed by atoms with Gasteiger partial charge in [-0.25, -0.2) is 0 Å². The molecule has 1 aromatic carbocycles. The van der Waals surface area contributed by atoms with E-state index in [1.54, 1.807) is 7.11 Å². The summed E-state index contributed by atoms with van der Waals surface area (Å²) in [5.41, 5.74) is 3.02. The zero-order valence-corrected chi connectivity index (χ0v) is 12.6. The highest BCUT2D eigenvalue weighted by Gasteiger charge is 2.05. The third-order valence-corrected chi connectivity index (χ3v) is 3.28. The lowest BCUT2D eigenvalue weighted by atomic mass is 10.2. The Morgan fingerprint density at radius 2 is 1.84 bits per heavy atom. The van der Waals surface area contributed by atoms with E-state index in [1.807, 2.05) is 43.3 Å². The molecule has 0 N–H and O–H groups in total. The Morgan fingerprint density at radius 3 is 2.47 bits per heavy atom. The number of ether oxygens (including phenoxy) is 2. The maximum Gasteiger partial charge on any atom is 0.142 e. The highest BCUT2D eigenvalue weighted by atomic mass is 79.9. The molecule has 0 unspecified atom stereocenters. The Hall–Kier alpha value is -1.55. The van der Waals surface area contributed by atoms with E-state index in [9.17, 15) is 0 Å². The maximum absolute atomic E-state index is 5.81. The Bertz CT molecular complexity index is 540. The van der Waals surface area contributed by atoms with Crippen molar-refractivity contribution in [1.29, 1.82) is 0 Å². The second kappa shape index (κ2) is 6.57. The number of hydrogen-bond donors (Lipinski definition) is 0. The molecule has 0 radical (unpaired) electrons. The van der Waals surface area contributed by atoms with Crippen LogP contribution in [0.2, 0.25) is 0 Å². The first-order valence-electron chi connectivity index (χ1n) is 6.01. The zero-order valence-electron chi connectivity index (χ0n) is 11.0. The summed E-state index contributed by atoms with van der Waals surface area (Å²) in [5.74, 6) is 1.67. The Labute approximate surface area is 121 Å². The number of hydrogen-bond acceptors (Lipinski definition) is 3. The van der Waals surface area contributed by atoms with Crippen molar-refractivity contribution in [2.45, 2.75) is 18.9 Å². The Kier molecular flexibility index (Phi) is 4.80. The van der Waals surface area contributed by atoms with Gasteiger partial charge in [0.1, 0.15) is 18.1 Å². The first-order chi connectivity index (χ1) is 9.22. The summed E-state index contributed by atoms with van der Waals surface area (Å²) in [7, 11) is 1.66. The highest BCUT2D eigenvalue weighted by Crippen LogP contribution is 2.21. The molecule has 0 aliphatic rings. The molecule has 100 valence electrons. The fraction of sp³-hybridized carbons (Fsp3) is 0.267. The Morgan fingerprint density at radius 1 is 1.11 bits per heavy atom. The van der Waals surface area contributed by atoms with Gasteiger partial charge in [0.15, 0.2) is 0 Å². The average Bonchev–Trinajstić information content (AvgIpc) is 2.46. The second-order valence-electron chi connectivity index (χ2n) is 4.17. The van der Waals surface area contributed by atoms with Gasteiger partial charge in [0, 0.05) is 11.0 Å². The van der Waals surface area contributed by atoms with Crippen LogP contribution in [0.5, 0.6) is 11.5 Å². The van der Waals surface area contributed by atoms with Gasteiger partial charge < -0.3 is 9.47 Å². The number of alkyl halides is 1. The largest absolute Gasteiger partial charge is 0.497 e. The number of methoxy groups -OCH3 is 1. The molecule has 2 rings (SSSR count). The number of halogens is 1. The minimum Gasteiger partial charge on any atom is -0.497 e. The number of aryl methyl sites for hydroxylation is 1. The van der Waals surface area contributed by atoms with E-state index in [-0.39, 0.29) is 0 Å². The fourth-order valence-corrected chi connectivity index (χ4v) is 2.11. The molecule has 1 aromatic heterocycles. The lowest BCUT2D eigenvalue weighted by molar-refractivity contribution is 0.302. The minimum atomic E-state index is 0.523. The number of pyridine rings is 1. The average molecular weight is 322 g/mol. The fourth-order valence-electron chi connectivity index (χ4n) is 1.71. The monoisotopic (exact) mass is 321 g/mol. The normalized spacial score (nSPS) is 10.3. The molecule has 0 atom stereocenters. The van der Waals surface area contributed by atoms with Gasteiger partial charge in [0.25, 0.3) is 0 Å². The van der Waals surface area contributed by atoms with Gasteiger partial charge in [-0.2, -0.15) is 0 Å². The van der Waals surface area contributed by atoms with E-state index < -0.39 is 0 Å². The summed E-state index contributed by atoms with van der Waals surface area (Å²) >= 11 is 3.43. The van der Waals surface area contributed by atoms with Gasteiger partial charge in [0.2, 0.25) is 0 Å². The second-order valence-corrected chi connectivity index (χ2v) is 4.73. The van der Waals surface area contributed by atoms with Crippen LogP contribution in [0.1, 0.15) is 17.0 Å². The molecule has 3 nitrogen and oxygen atoms in total. The molecule has 0 aliphatic heterocycles. The number of benzene rings is 1. The molecule has 0 saturated carbocycles. The predicted molar refractivity (Wildman–Crippen MR) is 78.9 cm³/mol. The quantitative estimate of drug-likeness (QED) is 0.783. The van der Waals surface area contributed by atoms with Crippen LogP contribution in [0.3, 0.4) is 0 Å². The van der Waals surface area contributed by atoms with E-state index >= 15 is 0 Å². The molecule has 2 aromatic rings. The van der Waals surface area contributed by atoms with Crippen molar-refractivity contribution in [3.8, 4) is 11.5 Å². The Balaban J connectivity index is 2.05. The van der Waals surface area contributed by atoms with Crippen LogP contribution in [0.25, 0.3) is 0 Å². The van der Waals surface area contributed by atoms with Crippen molar-refractivity contribution < 1.29 is 9.47 Å². The van der Waals surface area contributed by atoms with Crippen LogP contribution in [0.4, 0.5) is 0 Å². The van der Waals surface area contributed by atoms with Crippen LogP contribution in [-0.4, -0.2) is 12.1 Å². The lowest BCUT2D eigenvalue weighted by Gasteiger charge is -2.10. The molecule has 0 spiro atoms. The summed E-state index contributed by atoms with van der Waals surface area (Å²) in [6, 6.07) is 11.8. The van der Waals surface area contributed by atoms with Crippen LogP contribution in [0, 0.1) is 6.92 Å². The number of aromatic nitrogens is 1. The van der Waals surface area contributed by atoms with Gasteiger partial charge in [-0.1, -0.05) is 28.1 Å². The SMILES string of the molecule is COc1ccc(COc2ccc(C)nc2CBr)cc1. The van der Waals surface area contributed by atoms with Crippen molar-refractivity contribution in [2.24, 2.45) is 0 Å². The van der Waals surface area contributed by atoms with Gasteiger partial charge >= 0.3 is 0 Å². The van der Waals surface area contributed by atoms with Gasteiger partial charge in [-0.3, -0.25) is 4.98 Å².